The standard InChI is InChI=1S/C31H54N2O3S/c1-5-23-21-24-27-14-13-25(31(27,4)18-16-28(24)30(3)17-8-7-11-26(23)30)22(2)12-15-29(34)32-37(35,36)33-19-9-6-10-20-33/h22-28H,5-21H2,1-4H3,(H,32,34)/t22-,23+,24?,25-,26+,27?,28?,30+,31-/m1/s1. The molecule has 1 amide bonds. The van der Waals surface area contributed by atoms with E-state index < -0.39 is 10.2 Å². The van der Waals surface area contributed by atoms with Gasteiger partial charge in [0.15, 0.2) is 0 Å². The van der Waals surface area contributed by atoms with Crippen molar-refractivity contribution in [3.63, 3.8) is 0 Å². The number of amides is 1. The normalized spacial score (nSPS) is 43.4. The average molecular weight is 535 g/mol. The van der Waals surface area contributed by atoms with E-state index in [0.717, 1.165) is 55.3 Å². The maximum Gasteiger partial charge on any atom is 0.303 e. The van der Waals surface area contributed by atoms with E-state index in [9.17, 15) is 13.2 Å². The van der Waals surface area contributed by atoms with Crippen LogP contribution in [0.3, 0.4) is 0 Å². The highest BCUT2D eigenvalue weighted by Crippen LogP contribution is 2.69. The fourth-order valence-corrected chi connectivity index (χ4v) is 12.2. The molecule has 0 aromatic carbocycles. The lowest BCUT2D eigenvalue weighted by Gasteiger charge is -2.63. The maximum absolute atomic E-state index is 12.7. The van der Waals surface area contributed by atoms with Crippen molar-refractivity contribution in [1.29, 1.82) is 0 Å². The quantitative estimate of drug-likeness (QED) is 0.385. The van der Waals surface area contributed by atoms with E-state index >= 15 is 0 Å². The van der Waals surface area contributed by atoms with Gasteiger partial charge in [-0.3, -0.25) is 4.79 Å². The van der Waals surface area contributed by atoms with Gasteiger partial charge in [0.1, 0.15) is 0 Å². The summed E-state index contributed by atoms with van der Waals surface area (Å²) in [5.74, 6) is 5.29. The van der Waals surface area contributed by atoms with Crippen LogP contribution in [-0.4, -0.2) is 31.7 Å². The molecule has 1 aliphatic heterocycles. The molecule has 0 aromatic heterocycles. The van der Waals surface area contributed by atoms with Gasteiger partial charge in [-0.05, 0) is 116 Å². The first-order valence-corrected chi connectivity index (χ1v) is 17.3. The third kappa shape index (κ3) is 5.05. The van der Waals surface area contributed by atoms with Crippen LogP contribution in [0.2, 0.25) is 0 Å². The van der Waals surface area contributed by atoms with E-state index in [1.54, 1.807) is 0 Å². The molecule has 1 heterocycles. The van der Waals surface area contributed by atoms with Crippen LogP contribution in [0.5, 0.6) is 0 Å². The second kappa shape index (κ2) is 10.7. The Hall–Kier alpha value is -0.620. The Balaban J connectivity index is 1.22. The summed E-state index contributed by atoms with van der Waals surface area (Å²) < 4.78 is 29.1. The van der Waals surface area contributed by atoms with Gasteiger partial charge < -0.3 is 0 Å². The highest BCUT2D eigenvalue weighted by atomic mass is 32.2. The lowest BCUT2D eigenvalue weighted by molar-refractivity contribution is -0.138. The van der Waals surface area contributed by atoms with Crippen LogP contribution in [0.4, 0.5) is 0 Å². The van der Waals surface area contributed by atoms with Crippen molar-refractivity contribution in [2.75, 3.05) is 13.1 Å². The van der Waals surface area contributed by atoms with Crippen molar-refractivity contribution >= 4 is 16.1 Å². The molecule has 0 radical (unpaired) electrons. The third-order valence-corrected chi connectivity index (χ3v) is 14.3. The second-order valence-corrected chi connectivity index (χ2v) is 16.0. The Labute approximate surface area is 227 Å². The molecule has 5 rings (SSSR count). The van der Waals surface area contributed by atoms with E-state index in [0.29, 0.717) is 42.2 Å². The van der Waals surface area contributed by atoms with Crippen molar-refractivity contribution in [2.45, 2.75) is 124 Å². The Morgan fingerprint density at radius 1 is 0.919 bits per heavy atom. The van der Waals surface area contributed by atoms with Gasteiger partial charge in [-0.2, -0.15) is 12.7 Å². The van der Waals surface area contributed by atoms with Crippen molar-refractivity contribution < 1.29 is 13.2 Å². The molecule has 37 heavy (non-hydrogen) atoms. The summed E-state index contributed by atoms with van der Waals surface area (Å²) in [6, 6.07) is 0. The van der Waals surface area contributed by atoms with Gasteiger partial charge in [0.05, 0.1) is 0 Å². The molecule has 0 spiro atoms. The van der Waals surface area contributed by atoms with Gasteiger partial charge in [-0.1, -0.05) is 53.4 Å². The number of piperidine rings is 1. The number of hydrogen-bond acceptors (Lipinski definition) is 3. The van der Waals surface area contributed by atoms with Gasteiger partial charge in [0, 0.05) is 19.5 Å². The Morgan fingerprint density at radius 2 is 1.65 bits per heavy atom. The minimum Gasteiger partial charge on any atom is -0.274 e. The van der Waals surface area contributed by atoms with Crippen LogP contribution in [0.15, 0.2) is 0 Å². The fourth-order valence-electron chi connectivity index (χ4n) is 10.9. The molecule has 6 heteroatoms. The van der Waals surface area contributed by atoms with Crippen LogP contribution in [0, 0.1) is 52.3 Å². The molecule has 3 unspecified atom stereocenters. The molecule has 5 nitrogen and oxygen atoms in total. The van der Waals surface area contributed by atoms with Gasteiger partial charge in [-0.15, -0.1) is 0 Å². The van der Waals surface area contributed by atoms with E-state index in [2.05, 4.69) is 32.4 Å². The fraction of sp³-hybridized carbons (Fsp3) is 0.968. The molecule has 4 aliphatic carbocycles. The molecule has 5 aliphatic rings. The number of hydrogen-bond donors (Lipinski definition) is 1. The predicted molar refractivity (Wildman–Crippen MR) is 150 cm³/mol. The summed E-state index contributed by atoms with van der Waals surface area (Å²) in [4.78, 5) is 12.7. The topological polar surface area (TPSA) is 66.5 Å². The summed E-state index contributed by atoms with van der Waals surface area (Å²) in [5, 5.41) is 0. The van der Waals surface area contributed by atoms with E-state index in [-0.39, 0.29) is 5.91 Å². The van der Waals surface area contributed by atoms with E-state index in [4.69, 9.17) is 0 Å². The van der Waals surface area contributed by atoms with Gasteiger partial charge >= 0.3 is 10.2 Å². The minimum absolute atomic E-state index is 0.315. The molecule has 0 bridgehead atoms. The molecular weight excluding hydrogens is 480 g/mol. The summed E-state index contributed by atoms with van der Waals surface area (Å²) in [6.45, 7) is 11.1. The summed E-state index contributed by atoms with van der Waals surface area (Å²) in [6.07, 6.45) is 17.9. The monoisotopic (exact) mass is 534 g/mol. The average Bonchev–Trinajstić information content (AvgIpc) is 3.24. The Kier molecular flexibility index (Phi) is 8.11. The zero-order valence-electron chi connectivity index (χ0n) is 24.1. The lowest BCUT2D eigenvalue weighted by Crippen LogP contribution is -2.55. The predicted octanol–water partition coefficient (Wildman–Crippen LogP) is 6.93. The van der Waals surface area contributed by atoms with E-state index in [1.165, 1.54) is 68.5 Å². The maximum atomic E-state index is 12.7. The number of carbonyl (C=O) groups is 1. The highest BCUT2D eigenvalue weighted by Gasteiger charge is 2.61. The molecule has 4 saturated carbocycles. The zero-order valence-corrected chi connectivity index (χ0v) is 25.0. The van der Waals surface area contributed by atoms with Crippen LogP contribution >= 0.6 is 0 Å². The molecule has 9 atom stereocenters. The lowest BCUT2D eigenvalue weighted by atomic mass is 9.42. The van der Waals surface area contributed by atoms with Gasteiger partial charge in [-0.25, -0.2) is 4.72 Å². The molecule has 5 fully saturated rings. The second-order valence-electron chi connectivity index (χ2n) is 14.4. The molecule has 1 saturated heterocycles. The molecule has 212 valence electrons. The highest BCUT2D eigenvalue weighted by molar-refractivity contribution is 7.87. The SMILES string of the molecule is CC[C@H]1CC2C3CC[C@H]([C@H](C)CCC(=O)NS(=O)(=O)N4CCCCC4)[C@@]3(C)CCC2[C@@]2(C)CCCC[C@@H]12. The largest absolute Gasteiger partial charge is 0.303 e. The van der Waals surface area contributed by atoms with Crippen LogP contribution in [0.1, 0.15) is 124 Å². The molecular formula is C31H54N2O3S. The van der Waals surface area contributed by atoms with Crippen LogP contribution in [0.25, 0.3) is 0 Å². The molecule has 0 aromatic rings. The minimum atomic E-state index is -3.68. The van der Waals surface area contributed by atoms with Crippen LogP contribution in [-0.2, 0) is 15.0 Å². The first kappa shape index (κ1) is 27.9. The number of nitrogens with one attached hydrogen (secondary N) is 1. The summed E-state index contributed by atoms with van der Waals surface area (Å²) in [5.41, 5.74) is 0.942. The summed E-state index contributed by atoms with van der Waals surface area (Å²) in [7, 11) is -3.68. The molecule has 1 N–H and O–H groups in total. The number of rotatable bonds is 7. The Morgan fingerprint density at radius 3 is 2.38 bits per heavy atom. The number of fused-ring (bicyclic) bond motifs is 5. The number of carbonyl (C=O) groups excluding carboxylic acids is 1. The van der Waals surface area contributed by atoms with Gasteiger partial charge in [0.25, 0.3) is 0 Å². The van der Waals surface area contributed by atoms with Gasteiger partial charge in [0.2, 0.25) is 5.91 Å². The van der Waals surface area contributed by atoms with Crippen molar-refractivity contribution in [1.82, 2.24) is 9.03 Å². The smallest absolute Gasteiger partial charge is 0.274 e. The zero-order chi connectivity index (χ0) is 26.4. The summed E-state index contributed by atoms with van der Waals surface area (Å²) >= 11 is 0. The Bertz CT molecular complexity index is 931. The third-order valence-electron chi connectivity index (χ3n) is 12.8. The van der Waals surface area contributed by atoms with Crippen molar-refractivity contribution in [3.05, 3.63) is 0 Å². The van der Waals surface area contributed by atoms with Crippen LogP contribution < -0.4 is 4.72 Å². The first-order valence-electron chi connectivity index (χ1n) is 15.9. The first-order chi connectivity index (χ1) is 17.6. The van der Waals surface area contributed by atoms with Crippen molar-refractivity contribution in [3.8, 4) is 0 Å². The van der Waals surface area contributed by atoms with E-state index in [1.807, 2.05) is 0 Å². The van der Waals surface area contributed by atoms with Crippen molar-refractivity contribution in [2.24, 2.45) is 52.3 Å². The number of nitrogens with zero attached hydrogens (tertiary/aromatic N) is 1.